The topological polar surface area (TPSA) is 98.0 Å². The molecule has 0 fully saturated rings. The van der Waals surface area contributed by atoms with E-state index in [2.05, 4.69) is 9.88 Å². The number of thiazole rings is 1. The smallest absolute Gasteiger partial charge is 0.282 e. The highest BCUT2D eigenvalue weighted by Crippen LogP contribution is 2.38. The standard InChI is InChI=1S/C22H26N4O5S.ClH/c1-5-24(6-2)11-12-25(21(27)15-9-7-8-10-17(15)26(28)29)22-23-16-13-18(30-3)19(31-4)14-20(16)32-22;/h7-10,13-14H,5-6,11-12H2,1-4H3;1H. The van der Waals surface area contributed by atoms with Crippen molar-refractivity contribution in [2.75, 3.05) is 45.3 Å². The van der Waals surface area contributed by atoms with Gasteiger partial charge in [0.25, 0.3) is 11.6 Å². The first-order valence-corrected chi connectivity index (χ1v) is 11.0. The zero-order chi connectivity index (χ0) is 23.3. The lowest BCUT2D eigenvalue weighted by Crippen LogP contribution is -2.39. The Morgan fingerprint density at radius 2 is 1.73 bits per heavy atom. The average Bonchev–Trinajstić information content (AvgIpc) is 3.22. The number of ether oxygens (including phenoxy) is 2. The molecule has 0 aliphatic rings. The molecule has 0 saturated heterocycles. The number of hydrogen-bond acceptors (Lipinski definition) is 8. The lowest BCUT2D eigenvalue weighted by molar-refractivity contribution is -0.385. The highest BCUT2D eigenvalue weighted by Gasteiger charge is 2.28. The number of anilines is 1. The Kier molecular flexibility index (Phi) is 9.39. The summed E-state index contributed by atoms with van der Waals surface area (Å²) in [6, 6.07) is 9.55. The van der Waals surface area contributed by atoms with Gasteiger partial charge >= 0.3 is 0 Å². The molecule has 0 spiro atoms. The van der Waals surface area contributed by atoms with Crippen molar-refractivity contribution in [2.24, 2.45) is 0 Å². The number of para-hydroxylation sites is 1. The van der Waals surface area contributed by atoms with Gasteiger partial charge in [0.15, 0.2) is 16.6 Å². The number of fused-ring (bicyclic) bond motifs is 1. The number of halogens is 1. The molecule has 3 aromatic rings. The van der Waals surface area contributed by atoms with Gasteiger partial charge in [0, 0.05) is 31.3 Å². The molecule has 0 saturated carbocycles. The largest absolute Gasteiger partial charge is 0.493 e. The van der Waals surface area contributed by atoms with Crippen LogP contribution in [-0.4, -0.2) is 61.1 Å². The van der Waals surface area contributed by atoms with Gasteiger partial charge in [0.2, 0.25) is 0 Å². The Bertz CT molecular complexity index is 1080. The fraction of sp³-hybridized carbons (Fsp3) is 0.364. The summed E-state index contributed by atoms with van der Waals surface area (Å²) in [6.45, 7) is 6.72. The van der Waals surface area contributed by atoms with Crippen LogP contribution in [0.4, 0.5) is 10.8 Å². The van der Waals surface area contributed by atoms with Gasteiger partial charge in [-0.3, -0.25) is 19.8 Å². The van der Waals surface area contributed by atoms with Gasteiger partial charge in [-0.05, 0) is 19.2 Å². The number of aromatic nitrogens is 1. The average molecular weight is 495 g/mol. The molecule has 0 radical (unpaired) electrons. The third kappa shape index (κ3) is 5.70. The zero-order valence-corrected chi connectivity index (χ0v) is 20.6. The van der Waals surface area contributed by atoms with Crippen LogP contribution in [0.5, 0.6) is 11.5 Å². The zero-order valence-electron chi connectivity index (χ0n) is 18.9. The molecule has 1 heterocycles. The van der Waals surface area contributed by atoms with E-state index in [4.69, 9.17) is 9.47 Å². The molecule has 0 atom stereocenters. The van der Waals surface area contributed by atoms with Gasteiger partial charge in [-0.2, -0.15) is 0 Å². The van der Waals surface area contributed by atoms with Gasteiger partial charge in [0.1, 0.15) is 5.56 Å². The molecule has 0 unspecified atom stereocenters. The molecule has 0 aliphatic carbocycles. The highest BCUT2D eigenvalue weighted by molar-refractivity contribution is 7.22. The maximum absolute atomic E-state index is 13.5. The van der Waals surface area contributed by atoms with E-state index >= 15 is 0 Å². The molecule has 1 aromatic heterocycles. The van der Waals surface area contributed by atoms with Crippen LogP contribution in [0.3, 0.4) is 0 Å². The number of nitro benzene ring substituents is 1. The van der Waals surface area contributed by atoms with Gasteiger partial charge in [-0.1, -0.05) is 37.3 Å². The van der Waals surface area contributed by atoms with E-state index in [9.17, 15) is 14.9 Å². The number of rotatable bonds is 10. The molecule has 1 amide bonds. The predicted molar refractivity (Wildman–Crippen MR) is 133 cm³/mol. The number of nitro groups is 1. The lowest BCUT2D eigenvalue weighted by atomic mass is 10.1. The molecule has 178 valence electrons. The summed E-state index contributed by atoms with van der Waals surface area (Å²) in [7, 11) is 3.10. The van der Waals surface area contributed by atoms with Crippen molar-refractivity contribution in [2.45, 2.75) is 13.8 Å². The Balaban J connectivity index is 0.00000385. The quantitative estimate of drug-likeness (QED) is 0.299. The minimum atomic E-state index is -0.538. The SMILES string of the molecule is CCN(CC)CCN(C(=O)c1ccccc1[N+](=O)[O-])c1nc2cc(OC)c(OC)cc2s1.Cl. The summed E-state index contributed by atoms with van der Waals surface area (Å²) >= 11 is 1.33. The van der Waals surface area contributed by atoms with Crippen molar-refractivity contribution < 1.29 is 19.2 Å². The van der Waals surface area contributed by atoms with E-state index in [0.29, 0.717) is 35.2 Å². The Labute approximate surface area is 202 Å². The first-order chi connectivity index (χ1) is 15.4. The summed E-state index contributed by atoms with van der Waals surface area (Å²) in [5.41, 5.74) is 0.465. The highest BCUT2D eigenvalue weighted by atomic mass is 35.5. The number of methoxy groups -OCH3 is 2. The van der Waals surface area contributed by atoms with Crippen molar-refractivity contribution in [1.82, 2.24) is 9.88 Å². The third-order valence-electron chi connectivity index (χ3n) is 5.22. The molecule has 0 N–H and O–H groups in total. The number of benzene rings is 2. The van der Waals surface area contributed by atoms with E-state index in [0.717, 1.165) is 17.8 Å². The maximum Gasteiger partial charge on any atom is 0.282 e. The van der Waals surface area contributed by atoms with Crippen molar-refractivity contribution >= 4 is 50.7 Å². The molecular formula is C22H27ClN4O5S. The fourth-order valence-electron chi connectivity index (χ4n) is 3.38. The van der Waals surface area contributed by atoms with Gasteiger partial charge in [-0.25, -0.2) is 4.98 Å². The lowest BCUT2D eigenvalue weighted by Gasteiger charge is -2.24. The number of nitrogens with zero attached hydrogens (tertiary/aromatic N) is 4. The van der Waals surface area contributed by atoms with Crippen molar-refractivity contribution in [3.8, 4) is 11.5 Å². The van der Waals surface area contributed by atoms with Crippen LogP contribution in [0.2, 0.25) is 0 Å². The molecule has 3 rings (SSSR count). The second kappa shape index (κ2) is 11.8. The molecule has 2 aromatic carbocycles. The molecule has 0 bridgehead atoms. The summed E-state index contributed by atoms with van der Waals surface area (Å²) in [5, 5.41) is 12.0. The summed E-state index contributed by atoms with van der Waals surface area (Å²) in [5.74, 6) is 0.647. The summed E-state index contributed by atoms with van der Waals surface area (Å²) < 4.78 is 11.6. The first-order valence-electron chi connectivity index (χ1n) is 10.2. The van der Waals surface area contributed by atoms with Crippen molar-refractivity contribution in [3.63, 3.8) is 0 Å². The maximum atomic E-state index is 13.5. The minimum absolute atomic E-state index is 0. The monoisotopic (exact) mass is 494 g/mol. The normalized spacial score (nSPS) is 10.7. The molecular weight excluding hydrogens is 468 g/mol. The van der Waals surface area contributed by atoms with Crippen LogP contribution in [-0.2, 0) is 0 Å². The van der Waals surface area contributed by atoms with Crippen molar-refractivity contribution in [1.29, 1.82) is 0 Å². The van der Waals surface area contributed by atoms with Crippen LogP contribution in [0.25, 0.3) is 10.2 Å². The fourth-order valence-corrected chi connectivity index (χ4v) is 4.38. The molecule has 11 heteroatoms. The Hall–Kier alpha value is -2.95. The van der Waals surface area contributed by atoms with Crippen LogP contribution in [0.15, 0.2) is 36.4 Å². The van der Waals surface area contributed by atoms with Crippen molar-refractivity contribution in [3.05, 3.63) is 52.1 Å². The summed E-state index contributed by atoms with van der Waals surface area (Å²) in [6.07, 6.45) is 0. The van der Waals surface area contributed by atoms with E-state index < -0.39 is 10.8 Å². The van der Waals surface area contributed by atoms with E-state index in [1.54, 1.807) is 32.4 Å². The molecule has 9 nitrogen and oxygen atoms in total. The van der Waals surface area contributed by atoms with Crippen LogP contribution in [0, 0.1) is 10.1 Å². The van der Waals surface area contributed by atoms with Gasteiger partial charge < -0.3 is 14.4 Å². The number of hydrogen-bond donors (Lipinski definition) is 0. The summed E-state index contributed by atoms with van der Waals surface area (Å²) in [4.78, 5) is 32.8. The number of amides is 1. The van der Waals surface area contributed by atoms with Gasteiger partial charge in [0.05, 0.1) is 29.4 Å². The minimum Gasteiger partial charge on any atom is -0.493 e. The van der Waals surface area contributed by atoms with Crippen LogP contribution >= 0.6 is 23.7 Å². The number of carbonyl (C=O) groups is 1. The number of likely N-dealkylation sites (N-methyl/N-ethyl adjacent to an activating group) is 1. The van der Waals surface area contributed by atoms with Crippen LogP contribution in [0.1, 0.15) is 24.2 Å². The van der Waals surface area contributed by atoms with E-state index in [1.807, 2.05) is 19.9 Å². The predicted octanol–water partition coefficient (Wildman–Crippen LogP) is 4.63. The van der Waals surface area contributed by atoms with E-state index in [-0.39, 0.29) is 23.7 Å². The third-order valence-corrected chi connectivity index (χ3v) is 6.27. The van der Waals surface area contributed by atoms with E-state index in [1.165, 1.54) is 28.4 Å². The first kappa shape index (κ1) is 26.3. The second-order valence-electron chi connectivity index (χ2n) is 6.93. The Morgan fingerprint density at radius 1 is 1.09 bits per heavy atom. The van der Waals surface area contributed by atoms with Gasteiger partial charge in [-0.15, -0.1) is 12.4 Å². The van der Waals surface area contributed by atoms with Crippen LogP contribution < -0.4 is 14.4 Å². The Morgan fingerprint density at radius 3 is 2.33 bits per heavy atom. The molecule has 0 aliphatic heterocycles. The number of carbonyl (C=O) groups excluding carboxylic acids is 1. The second-order valence-corrected chi connectivity index (χ2v) is 7.94. The molecule has 33 heavy (non-hydrogen) atoms.